The Hall–Kier alpha value is -2.22. The summed E-state index contributed by atoms with van der Waals surface area (Å²) in [6, 6.07) is 1.16. The molecule has 0 radical (unpaired) electrons. The first-order chi connectivity index (χ1) is 11.0. The third-order valence-electron chi connectivity index (χ3n) is 4.04. The number of likely N-dealkylation sites (tertiary alicyclic amines) is 1. The minimum absolute atomic E-state index is 0.00189. The van der Waals surface area contributed by atoms with Crippen LogP contribution in [-0.2, 0) is 0 Å². The van der Waals surface area contributed by atoms with Crippen LogP contribution in [0.4, 0.5) is 11.5 Å². The van der Waals surface area contributed by atoms with Crippen molar-refractivity contribution < 1.29 is 9.72 Å². The Kier molecular flexibility index (Phi) is 5.86. The maximum absolute atomic E-state index is 12.1. The molecule has 2 rings (SSSR count). The number of carbonyl (C=O) groups is 1. The van der Waals surface area contributed by atoms with Crippen molar-refractivity contribution in [3.8, 4) is 0 Å². The van der Waals surface area contributed by atoms with Crippen LogP contribution in [0.2, 0.25) is 0 Å². The van der Waals surface area contributed by atoms with Gasteiger partial charge in [0.1, 0.15) is 12.0 Å². The number of hydrogen-bond acceptors (Lipinski definition) is 6. The summed E-state index contributed by atoms with van der Waals surface area (Å²) in [4.78, 5) is 28.3. The smallest absolute Gasteiger partial charge is 0.288 e. The fraction of sp³-hybridized carbons (Fsp3) is 0.600. The summed E-state index contributed by atoms with van der Waals surface area (Å²) in [5.41, 5.74) is 5.43. The Morgan fingerprint density at radius 1 is 1.61 bits per heavy atom. The first-order valence-corrected chi connectivity index (χ1v) is 7.88. The first kappa shape index (κ1) is 17.1. The molecule has 2 heterocycles. The van der Waals surface area contributed by atoms with E-state index in [2.05, 4.69) is 22.1 Å². The number of rotatable bonds is 6. The van der Waals surface area contributed by atoms with Crippen LogP contribution in [-0.4, -0.2) is 46.9 Å². The van der Waals surface area contributed by atoms with Crippen molar-refractivity contribution in [3.63, 3.8) is 0 Å². The van der Waals surface area contributed by atoms with Crippen molar-refractivity contribution in [1.82, 2.24) is 15.2 Å². The summed E-state index contributed by atoms with van der Waals surface area (Å²) in [5.74, 6) is 0.303. The summed E-state index contributed by atoms with van der Waals surface area (Å²) < 4.78 is 0. The number of nitrogens with one attached hydrogen (secondary N) is 1. The summed E-state index contributed by atoms with van der Waals surface area (Å²) in [7, 11) is 0. The van der Waals surface area contributed by atoms with Crippen molar-refractivity contribution in [2.24, 2.45) is 5.92 Å². The maximum atomic E-state index is 12.1. The summed E-state index contributed by atoms with van der Waals surface area (Å²) in [6.45, 7) is 5.92. The summed E-state index contributed by atoms with van der Waals surface area (Å²) in [6.07, 6.45) is 4.39. The molecule has 0 unspecified atom stereocenters. The monoisotopic (exact) mass is 321 g/mol. The van der Waals surface area contributed by atoms with Crippen LogP contribution in [0, 0.1) is 16.0 Å². The van der Waals surface area contributed by atoms with Gasteiger partial charge in [0.05, 0.1) is 10.5 Å². The molecule has 0 bridgehead atoms. The lowest BCUT2D eigenvalue weighted by atomic mass is 10.0. The SMILES string of the molecule is C[C@@H]1CCCN(CCCNC(=O)c2cc([N+](=O)[O-])cnc2N)C1. The quantitative estimate of drug-likeness (QED) is 0.465. The molecule has 0 spiro atoms. The van der Waals surface area contributed by atoms with E-state index in [1.54, 1.807) is 0 Å². The van der Waals surface area contributed by atoms with E-state index in [0.29, 0.717) is 6.54 Å². The van der Waals surface area contributed by atoms with E-state index in [9.17, 15) is 14.9 Å². The number of aromatic nitrogens is 1. The van der Waals surface area contributed by atoms with E-state index in [0.717, 1.165) is 44.2 Å². The van der Waals surface area contributed by atoms with Gasteiger partial charge >= 0.3 is 0 Å². The van der Waals surface area contributed by atoms with Gasteiger partial charge in [-0.3, -0.25) is 14.9 Å². The van der Waals surface area contributed by atoms with Crippen molar-refractivity contribution in [3.05, 3.63) is 27.9 Å². The number of amides is 1. The lowest BCUT2D eigenvalue weighted by Crippen LogP contribution is -2.36. The number of nitrogen functional groups attached to an aromatic ring is 1. The molecule has 1 fully saturated rings. The molecular formula is C15H23N5O3. The molecule has 8 heteroatoms. The highest BCUT2D eigenvalue weighted by Crippen LogP contribution is 2.17. The highest BCUT2D eigenvalue weighted by atomic mass is 16.6. The zero-order chi connectivity index (χ0) is 16.8. The van der Waals surface area contributed by atoms with E-state index in [-0.39, 0.29) is 17.1 Å². The molecule has 3 N–H and O–H groups in total. The highest BCUT2D eigenvalue weighted by molar-refractivity contribution is 5.98. The second kappa shape index (κ2) is 7.87. The number of carbonyl (C=O) groups excluding carboxylic acids is 1. The first-order valence-electron chi connectivity index (χ1n) is 7.88. The number of piperidine rings is 1. The van der Waals surface area contributed by atoms with Crippen LogP contribution in [0.25, 0.3) is 0 Å². The lowest BCUT2D eigenvalue weighted by molar-refractivity contribution is -0.385. The van der Waals surface area contributed by atoms with E-state index < -0.39 is 10.8 Å². The van der Waals surface area contributed by atoms with Gasteiger partial charge in [0.2, 0.25) is 0 Å². The topological polar surface area (TPSA) is 114 Å². The fourth-order valence-electron chi connectivity index (χ4n) is 2.84. The largest absolute Gasteiger partial charge is 0.383 e. The normalized spacial score (nSPS) is 18.6. The van der Waals surface area contributed by atoms with E-state index in [1.165, 1.54) is 12.8 Å². The van der Waals surface area contributed by atoms with Gasteiger partial charge in [-0.05, 0) is 38.3 Å². The molecule has 0 aromatic carbocycles. The van der Waals surface area contributed by atoms with E-state index in [4.69, 9.17) is 5.73 Å². The molecule has 1 amide bonds. The fourth-order valence-corrected chi connectivity index (χ4v) is 2.84. The molecule has 1 aromatic heterocycles. The number of nitrogens with zero attached hydrogens (tertiary/aromatic N) is 3. The minimum Gasteiger partial charge on any atom is -0.383 e. The van der Waals surface area contributed by atoms with Crippen molar-refractivity contribution >= 4 is 17.4 Å². The van der Waals surface area contributed by atoms with Gasteiger partial charge in [-0.1, -0.05) is 6.92 Å². The Labute approximate surface area is 135 Å². The second-order valence-corrected chi connectivity index (χ2v) is 6.04. The molecule has 1 aliphatic rings. The third-order valence-corrected chi connectivity index (χ3v) is 4.04. The number of pyridine rings is 1. The Morgan fingerprint density at radius 2 is 2.39 bits per heavy atom. The van der Waals surface area contributed by atoms with Crippen LogP contribution >= 0.6 is 0 Å². The van der Waals surface area contributed by atoms with E-state index >= 15 is 0 Å². The summed E-state index contributed by atoms with van der Waals surface area (Å²) >= 11 is 0. The Balaban J connectivity index is 1.80. The van der Waals surface area contributed by atoms with Gasteiger partial charge < -0.3 is 16.0 Å². The van der Waals surface area contributed by atoms with Crippen molar-refractivity contribution in [1.29, 1.82) is 0 Å². The van der Waals surface area contributed by atoms with Crippen LogP contribution in [0.1, 0.15) is 36.5 Å². The second-order valence-electron chi connectivity index (χ2n) is 6.04. The molecule has 1 saturated heterocycles. The van der Waals surface area contributed by atoms with Crippen molar-refractivity contribution in [2.45, 2.75) is 26.2 Å². The molecule has 0 aliphatic carbocycles. The zero-order valence-electron chi connectivity index (χ0n) is 13.3. The molecule has 126 valence electrons. The predicted octanol–water partition coefficient (Wildman–Crippen LogP) is 1.42. The summed E-state index contributed by atoms with van der Waals surface area (Å²) in [5, 5.41) is 13.5. The highest BCUT2D eigenvalue weighted by Gasteiger charge is 2.17. The Bertz CT molecular complexity index is 578. The number of nitro groups is 1. The van der Waals surface area contributed by atoms with Crippen LogP contribution in [0.15, 0.2) is 12.3 Å². The average molecular weight is 321 g/mol. The number of anilines is 1. The van der Waals surface area contributed by atoms with Gasteiger partial charge in [0.15, 0.2) is 0 Å². The van der Waals surface area contributed by atoms with Crippen LogP contribution in [0.3, 0.4) is 0 Å². The van der Waals surface area contributed by atoms with Gasteiger partial charge in [-0.15, -0.1) is 0 Å². The minimum atomic E-state index is -0.596. The third kappa shape index (κ3) is 4.88. The van der Waals surface area contributed by atoms with Crippen LogP contribution < -0.4 is 11.1 Å². The van der Waals surface area contributed by atoms with E-state index in [1.807, 2.05) is 0 Å². The number of nitrogens with two attached hydrogens (primary N) is 1. The zero-order valence-corrected chi connectivity index (χ0v) is 13.3. The predicted molar refractivity (Wildman–Crippen MR) is 87.1 cm³/mol. The van der Waals surface area contributed by atoms with Gasteiger partial charge in [0.25, 0.3) is 11.6 Å². The van der Waals surface area contributed by atoms with Gasteiger partial charge in [0, 0.05) is 19.2 Å². The standard InChI is InChI=1S/C15H23N5O3/c1-11-4-2-6-19(10-11)7-3-5-17-15(21)13-8-12(20(22)23)9-18-14(13)16/h8-9,11H,2-7,10H2,1H3,(H2,16,18)(H,17,21)/t11-/m1/s1. The average Bonchev–Trinajstić information content (AvgIpc) is 2.51. The molecule has 1 aliphatic heterocycles. The molecule has 1 atom stereocenters. The molecule has 23 heavy (non-hydrogen) atoms. The van der Waals surface area contributed by atoms with Crippen molar-refractivity contribution in [2.75, 3.05) is 31.9 Å². The molecule has 1 aromatic rings. The Morgan fingerprint density at radius 3 is 3.09 bits per heavy atom. The number of hydrogen-bond donors (Lipinski definition) is 2. The molecule has 8 nitrogen and oxygen atoms in total. The molecule has 0 saturated carbocycles. The molecular weight excluding hydrogens is 298 g/mol. The van der Waals surface area contributed by atoms with Crippen LogP contribution in [0.5, 0.6) is 0 Å². The maximum Gasteiger partial charge on any atom is 0.288 e. The van der Waals surface area contributed by atoms with Gasteiger partial charge in [-0.2, -0.15) is 0 Å². The lowest BCUT2D eigenvalue weighted by Gasteiger charge is -2.30. The van der Waals surface area contributed by atoms with Gasteiger partial charge in [-0.25, -0.2) is 4.98 Å².